The standard InChI is InChI=1S/C35H54Cl2N4O3/c1-23(42)38-20-26-19-27(41(30(43)32(2,3)4)25-12-14-34(8,9)15-13-25)21-40(26)31(44)35(16-17-39(22-35)33(5,6)7)28-11-10-24(36)18-29(28)37/h10-11,18,25-27H,12-17,19-22H2,1-9H3,(H,38,42)/t26-,27-,35+/m0/s1. The van der Waals surface area contributed by atoms with E-state index in [1.807, 2.05) is 37.8 Å². The van der Waals surface area contributed by atoms with E-state index >= 15 is 4.79 Å². The average molecular weight is 650 g/mol. The van der Waals surface area contributed by atoms with Gasteiger partial charge in [-0.25, -0.2) is 0 Å². The van der Waals surface area contributed by atoms with E-state index in [1.54, 1.807) is 6.07 Å². The first kappa shape index (κ1) is 35.0. The number of hydrogen-bond acceptors (Lipinski definition) is 4. The first-order valence-corrected chi connectivity index (χ1v) is 17.1. The molecule has 0 spiro atoms. The fourth-order valence-corrected chi connectivity index (χ4v) is 8.11. The van der Waals surface area contributed by atoms with E-state index in [-0.39, 0.29) is 46.8 Å². The van der Waals surface area contributed by atoms with Crippen molar-refractivity contribution in [3.05, 3.63) is 33.8 Å². The Morgan fingerprint density at radius 1 is 1.00 bits per heavy atom. The summed E-state index contributed by atoms with van der Waals surface area (Å²) in [6.07, 6.45) is 5.30. The summed E-state index contributed by atoms with van der Waals surface area (Å²) in [6.45, 7) is 20.7. The van der Waals surface area contributed by atoms with Crippen molar-refractivity contribution in [2.75, 3.05) is 26.2 Å². The zero-order valence-electron chi connectivity index (χ0n) is 28.4. The summed E-state index contributed by atoms with van der Waals surface area (Å²) >= 11 is 13.2. The summed E-state index contributed by atoms with van der Waals surface area (Å²) in [5.74, 6) is 0.0162. The second-order valence-electron chi connectivity index (χ2n) is 16.3. The SMILES string of the molecule is CC(=O)NC[C@@H]1C[C@H](N(C(=O)C(C)(C)C)C2CCC(C)(C)CC2)CN1C(=O)[C@]1(c2ccc(Cl)cc2Cl)CCN(C(C)(C)C)C1. The Balaban J connectivity index is 1.75. The lowest BCUT2D eigenvalue weighted by molar-refractivity contribution is -0.147. The number of halogens is 2. The van der Waals surface area contributed by atoms with Crippen molar-refractivity contribution < 1.29 is 14.4 Å². The van der Waals surface area contributed by atoms with Crippen molar-refractivity contribution in [1.82, 2.24) is 20.0 Å². The second-order valence-corrected chi connectivity index (χ2v) is 17.2. The van der Waals surface area contributed by atoms with Crippen LogP contribution in [0.5, 0.6) is 0 Å². The molecule has 2 aliphatic heterocycles. The molecule has 3 atom stereocenters. The summed E-state index contributed by atoms with van der Waals surface area (Å²) in [4.78, 5) is 47.8. The predicted molar refractivity (Wildman–Crippen MR) is 179 cm³/mol. The minimum absolute atomic E-state index is 0.0132. The van der Waals surface area contributed by atoms with Gasteiger partial charge in [-0.2, -0.15) is 0 Å². The van der Waals surface area contributed by atoms with Gasteiger partial charge < -0.3 is 15.1 Å². The number of likely N-dealkylation sites (tertiary alicyclic amines) is 2. The van der Waals surface area contributed by atoms with Gasteiger partial charge in [-0.15, -0.1) is 0 Å². The highest BCUT2D eigenvalue weighted by Crippen LogP contribution is 2.45. The molecule has 9 heteroatoms. The van der Waals surface area contributed by atoms with E-state index in [0.717, 1.165) is 37.8 Å². The molecule has 0 aromatic heterocycles. The van der Waals surface area contributed by atoms with Gasteiger partial charge >= 0.3 is 0 Å². The molecule has 1 saturated carbocycles. The number of rotatable bonds is 6. The smallest absolute Gasteiger partial charge is 0.235 e. The highest BCUT2D eigenvalue weighted by atomic mass is 35.5. The average Bonchev–Trinajstić information content (AvgIpc) is 3.53. The second kappa shape index (κ2) is 12.8. The molecule has 2 heterocycles. The van der Waals surface area contributed by atoms with Crippen molar-refractivity contribution >= 4 is 40.9 Å². The molecule has 7 nitrogen and oxygen atoms in total. The molecule has 3 amide bonds. The van der Waals surface area contributed by atoms with Crippen molar-refractivity contribution in [2.24, 2.45) is 10.8 Å². The Bertz CT molecular complexity index is 1240. The van der Waals surface area contributed by atoms with Crippen LogP contribution in [0.4, 0.5) is 0 Å². The van der Waals surface area contributed by atoms with E-state index in [4.69, 9.17) is 23.2 Å². The van der Waals surface area contributed by atoms with Crippen molar-refractivity contribution in [3.8, 4) is 0 Å². The molecule has 0 unspecified atom stereocenters. The predicted octanol–water partition coefficient (Wildman–Crippen LogP) is 6.68. The van der Waals surface area contributed by atoms with Gasteiger partial charge in [0.1, 0.15) is 0 Å². The molecule has 0 bridgehead atoms. The van der Waals surface area contributed by atoms with E-state index in [2.05, 4.69) is 49.7 Å². The quantitative estimate of drug-likeness (QED) is 0.373. The monoisotopic (exact) mass is 648 g/mol. The molecular formula is C35H54Cl2N4O3. The Kier molecular flexibility index (Phi) is 10.2. The van der Waals surface area contributed by atoms with Crippen LogP contribution >= 0.6 is 23.2 Å². The number of benzene rings is 1. The molecule has 3 fully saturated rings. The lowest BCUT2D eigenvalue weighted by atomic mass is 9.74. The Morgan fingerprint density at radius 3 is 2.16 bits per heavy atom. The summed E-state index contributed by atoms with van der Waals surface area (Å²) in [6, 6.07) is 5.21. The van der Waals surface area contributed by atoms with Crippen LogP contribution in [0, 0.1) is 10.8 Å². The van der Waals surface area contributed by atoms with Gasteiger partial charge in [0.25, 0.3) is 0 Å². The van der Waals surface area contributed by atoms with Gasteiger partial charge in [0.15, 0.2) is 0 Å². The molecule has 3 aliphatic rings. The molecule has 4 rings (SSSR count). The van der Waals surface area contributed by atoms with Gasteiger partial charge in [0.2, 0.25) is 17.7 Å². The number of hydrogen-bond donors (Lipinski definition) is 1. The molecule has 1 aliphatic carbocycles. The highest BCUT2D eigenvalue weighted by molar-refractivity contribution is 6.35. The molecule has 0 radical (unpaired) electrons. The van der Waals surface area contributed by atoms with E-state index in [0.29, 0.717) is 42.5 Å². The molecule has 1 N–H and O–H groups in total. The maximum Gasteiger partial charge on any atom is 0.235 e. The van der Waals surface area contributed by atoms with E-state index < -0.39 is 10.8 Å². The number of nitrogens with zero attached hydrogens (tertiary/aromatic N) is 3. The van der Waals surface area contributed by atoms with Gasteiger partial charge in [-0.3, -0.25) is 19.3 Å². The van der Waals surface area contributed by atoms with Crippen LogP contribution in [0.3, 0.4) is 0 Å². The molecule has 1 aromatic rings. The molecule has 2 saturated heterocycles. The van der Waals surface area contributed by atoms with Gasteiger partial charge in [-0.1, -0.05) is 63.9 Å². The summed E-state index contributed by atoms with van der Waals surface area (Å²) < 4.78 is 0. The Morgan fingerprint density at radius 2 is 1.64 bits per heavy atom. The summed E-state index contributed by atoms with van der Waals surface area (Å²) in [7, 11) is 0. The fraction of sp³-hybridized carbons (Fsp3) is 0.743. The lowest BCUT2D eigenvalue weighted by Gasteiger charge is -2.45. The highest BCUT2D eigenvalue weighted by Gasteiger charge is 2.54. The number of carbonyl (C=O) groups excluding carboxylic acids is 3. The van der Waals surface area contributed by atoms with Crippen LogP contribution in [0.25, 0.3) is 0 Å². The normalized spacial score (nSPS) is 26.6. The van der Waals surface area contributed by atoms with Crippen LogP contribution in [-0.2, 0) is 19.8 Å². The first-order chi connectivity index (χ1) is 20.2. The fourth-order valence-electron chi connectivity index (χ4n) is 7.52. The van der Waals surface area contributed by atoms with Crippen molar-refractivity contribution in [2.45, 2.75) is 130 Å². The van der Waals surface area contributed by atoms with Gasteiger partial charge in [0.05, 0.1) is 17.5 Å². The van der Waals surface area contributed by atoms with Crippen LogP contribution in [0.1, 0.15) is 106 Å². The van der Waals surface area contributed by atoms with Gasteiger partial charge in [-0.05, 0) is 82.4 Å². The Hall–Kier alpha value is -1.83. The van der Waals surface area contributed by atoms with Crippen molar-refractivity contribution in [1.29, 1.82) is 0 Å². The maximum atomic E-state index is 15.1. The third-order valence-electron chi connectivity index (χ3n) is 10.3. The van der Waals surface area contributed by atoms with Gasteiger partial charge in [0, 0.05) is 60.1 Å². The first-order valence-electron chi connectivity index (χ1n) is 16.3. The molecule has 44 heavy (non-hydrogen) atoms. The van der Waals surface area contributed by atoms with Crippen LogP contribution in [0.2, 0.25) is 10.0 Å². The van der Waals surface area contributed by atoms with Crippen LogP contribution < -0.4 is 5.32 Å². The zero-order valence-corrected chi connectivity index (χ0v) is 29.9. The maximum absolute atomic E-state index is 15.1. The van der Waals surface area contributed by atoms with E-state index in [9.17, 15) is 9.59 Å². The van der Waals surface area contributed by atoms with Crippen LogP contribution in [0.15, 0.2) is 18.2 Å². The molecule has 1 aromatic carbocycles. The zero-order chi connectivity index (χ0) is 32.8. The topological polar surface area (TPSA) is 73.0 Å². The Labute approximate surface area is 275 Å². The number of nitrogens with one attached hydrogen (secondary N) is 1. The molecular weight excluding hydrogens is 595 g/mol. The molecule has 246 valence electrons. The lowest BCUT2D eigenvalue weighted by Crippen LogP contribution is -2.55. The third-order valence-corrected chi connectivity index (χ3v) is 10.8. The largest absolute Gasteiger partial charge is 0.354 e. The van der Waals surface area contributed by atoms with E-state index in [1.165, 1.54) is 6.92 Å². The summed E-state index contributed by atoms with van der Waals surface area (Å²) in [5.41, 5.74) is -0.488. The minimum Gasteiger partial charge on any atom is -0.354 e. The number of amides is 3. The third kappa shape index (κ3) is 7.41. The minimum atomic E-state index is -0.869. The van der Waals surface area contributed by atoms with Crippen LogP contribution in [-0.4, -0.2) is 82.3 Å². The summed E-state index contributed by atoms with van der Waals surface area (Å²) in [5, 5.41) is 4.01. The van der Waals surface area contributed by atoms with Crippen molar-refractivity contribution in [3.63, 3.8) is 0 Å². The number of carbonyl (C=O) groups is 3.